The quantitative estimate of drug-likeness (QED) is 0.501. The van der Waals surface area contributed by atoms with Gasteiger partial charge < -0.3 is 19.3 Å². The van der Waals surface area contributed by atoms with Crippen molar-refractivity contribution in [2.45, 2.75) is 45.9 Å². The fraction of sp³-hybridized carbons (Fsp3) is 0.480. The molecular weight excluding hydrogens is 431 g/mol. The van der Waals surface area contributed by atoms with E-state index in [1.807, 2.05) is 24.3 Å². The van der Waals surface area contributed by atoms with Crippen molar-refractivity contribution in [3.05, 3.63) is 64.4 Å². The molecule has 0 spiro atoms. The lowest BCUT2D eigenvalue weighted by Gasteiger charge is -2.36. The smallest absolute Gasteiger partial charge is 0.410 e. The van der Waals surface area contributed by atoms with Gasteiger partial charge in [-0.25, -0.2) is 9.18 Å². The molecule has 1 heterocycles. The molecule has 0 bridgehead atoms. The van der Waals surface area contributed by atoms with Gasteiger partial charge in [0.25, 0.3) is 0 Å². The minimum Gasteiger partial charge on any atom is -0.493 e. The summed E-state index contributed by atoms with van der Waals surface area (Å²) in [6.07, 6.45) is 1.32. The van der Waals surface area contributed by atoms with Crippen LogP contribution >= 0.6 is 11.6 Å². The first-order valence-electron chi connectivity index (χ1n) is 11.1. The van der Waals surface area contributed by atoms with Crippen LogP contribution in [0, 0.1) is 11.7 Å². The Hall–Kier alpha value is -2.31. The molecule has 0 N–H and O–H groups in total. The maximum Gasteiger partial charge on any atom is 0.410 e. The molecule has 0 aliphatic carbocycles. The Morgan fingerprint density at radius 2 is 1.88 bits per heavy atom. The third kappa shape index (κ3) is 7.10. The molecule has 0 unspecified atom stereocenters. The van der Waals surface area contributed by atoms with Gasteiger partial charge in [-0.05, 0) is 74.3 Å². The molecule has 1 amide bonds. The van der Waals surface area contributed by atoms with E-state index in [-0.39, 0.29) is 25.3 Å². The Morgan fingerprint density at radius 1 is 1.19 bits per heavy atom. The number of carbonyl (C=O) groups excluding carboxylic acids is 1. The third-order valence-electron chi connectivity index (χ3n) is 5.59. The highest BCUT2D eigenvalue weighted by Gasteiger charge is 2.28. The van der Waals surface area contributed by atoms with Gasteiger partial charge in [0.05, 0.1) is 13.2 Å². The van der Waals surface area contributed by atoms with Gasteiger partial charge in [0, 0.05) is 11.1 Å². The maximum atomic E-state index is 13.5. The molecule has 3 rings (SSSR count). The van der Waals surface area contributed by atoms with Crippen molar-refractivity contribution in [2.75, 3.05) is 26.7 Å². The van der Waals surface area contributed by atoms with Gasteiger partial charge in [-0.2, -0.15) is 0 Å². The lowest BCUT2D eigenvalue weighted by Crippen LogP contribution is -2.46. The van der Waals surface area contributed by atoms with Crippen LogP contribution in [0.2, 0.25) is 5.02 Å². The normalized spacial score (nSPS) is 15.1. The van der Waals surface area contributed by atoms with Crippen LogP contribution in [0.15, 0.2) is 42.5 Å². The van der Waals surface area contributed by atoms with Crippen molar-refractivity contribution in [2.24, 2.45) is 5.92 Å². The van der Waals surface area contributed by atoms with E-state index >= 15 is 0 Å². The first-order valence-corrected chi connectivity index (χ1v) is 11.5. The Bertz CT molecular complexity index is 883. The van der Waals surface area contributed by atoms with Crippen LogP contribution in [0.5, 0.6) is 5.75 Å². The molecule has 0 radical (unpaired) electrons. The van der Waals surface area contributed by atoms with Gasteiger partial charge in [-0.3, -0.25) is 0 Å². The van der Waals surface area contributed by atoms with Crippen LogP contribution < -0.4 is 4.74 Å². The number of benzene rings is 2. The molecule has 174 valence electrons. The molecular formula is C25H32ClFN2O3. The Morgan fingerprint density at radius 3 is 2.50 bits per heavy atom. The molecule has 1 saturated heterocycles. The number of ether oxygens (including phenoxy) is 2. The summed E-state index contributed by atoms with van der Waals surface area (Å²) in [7, 11) is 2.07. The molecule has 0 aromatic heterocycles. The molecule has 5 nitrogen and oxygen atoms in total. The average Bonchev–Trinajstić information content (AvgIpc) is 2.77. The first kappa shape index (κ1) is 24.3. The summed E-state index contributed by atoms with van der Waals surface area (Å²) in [6.45, 7) is 7.13. The second kappa shape index (κ2) is 11.5. The summed E-state index contributed by atoms with van der Waals surface area (Å²) in [5.41, 5.74) is 1.59. The summed E-state index contributed by atoms with van der Waals surface area (Å²) in [5, 5.41) is 0.313. The summed E-state index contributed by atoms with van der Waals surface area (Å²) in [6, 6.07) is 11.9. The number of piperidine rings is 1. The van der Waals surface area contributed by atoms with E-state index in [4.69, 9.17) is 21.1 Å². The lowest BCUT2D eigenvalue weighted by molar-refractivity contribution is 0.0604. The van der Waals surface area contributed by atoms with Crippen molar-refractivity contribution in [1.29, 1.82) is 0 Å². The first-order chi connectivity index (χ1) is 15.3. The average molecular weight is 463 g/mol. The van der Waals surface area contributed by atoms with Crippen LogP contribution in [0.1, 0.15) is 37.8 Å². The second-order valence-electron chi connectivity index (χ2n) is 8.80. The molecule has 0 saturated carbocycles. The summed E-state index contributed by atoms with van der Waals surface area (Å²) in [5.74, 6) is 0.858. The lowest BCUT2D eigenvalue weighted by atomic mass is 10.0. The number of hydrogen-bond acceptors (Lipinski definition) is 4. The predicted octanol–water partition coefficient (Wildman–Crippen LogP) is 5.75. The van der Waals surface area contributed by atoms with Gasteiger partial charge in [-0.1, -0.05) is 43.6 Å². The maximum absolute atomic E-state index is 13.5. The molecule has 32 heavy (non-hydrogen) atoms. The fourth-order valence-electron chi connectivity index (χ4n) is 3.66. The van der Waals surface area contributed by atoms with Crippen LogP contribution in [0.3, 0.4) is 0 Å². The molecule has 1 aliphatic heterocycles. The number of amides is 1. The molecule has 2 aromatic carbocycles. The fourth-order valence-corrected chi connectivity index (χ4v) is 3.88. The summed E-state index contributed by atoms with van der Waals surface area (Å²) in [4.78, 5) is 17.0. The topological polar surface area (TPSA) is 42.0 Å². The number of carbonyl (C=O) groups is 1. The van der Waals surface area contributed by atoms with Crippen molar-refractivity contribution in [1.82, 2.24) is 9.80 Å². The molecule has 1 aliphatic rings. The zero-order valence-electron chi connectivity index (χ0n) is 19.0. The number of likely N-dealkylation sites (tertiary alicyclic amines) is 1. The number of halogens is 2. The minimum absolute atomic E-state index is 0.0478. The van der Waals surface area contributed by atoms with E-state index in [0.717, 1.165) is 37.2 Å². The van der Waals surface area contributed by atoms with Gasteiger partial charge in [0.2, 0.25) is 0 Å². The molecule has 7 heteroatoms. The number of rotatable bonds is 8. The van der Waals surface area contributed by atoms with Crippen molar-refractivity contribution < 1.29 is 18.7 Å². The third-order valence-corrected chi connectivity index (χ3v) is 5.94. The Kier molecular flexibility index (Phi) is 8.76. The summed E-state index contributed by atoms with van der Waals surface area (Å²) >= 11 is 6.23. The number of hydrogen-bond donors (Lipinski definition) is 0. The zero-order chi connectivity index (χ0) is 23.1. The van der Waals surface area contributed by atoms with Crippen LogP contribution in [0.25, 0.3) is 0 Å². The number of nitrogens with zero attached hydrogens (tertiary/aromatic N) is 2. The van der Waals surface area contributed by atoms with E-state index in [2.05, 4.69) is 25.8 Å². The van der Waals surface area contributed by atoms with Crippen molar-refractivity contribution in [3.63, 3.8) is 0 Å². The van der Waals surface area contributed by atoms with Gasteiger partial charge >= 0.3 is 6.09 Å². The Labute approximate surface area is 195 Å². The zero-order valence-corrected chi connectivity index (χ0v) is 19.8. The highest BCUT2D eigenvalue weighted by molar-refractivity contribution is 6.31. The van der Waals surface area contributed by atoms with E-state index in [1.165, 1.54) is 12.1 Å². The monoisotopic (exact) mass is 462 g/mol. The van der Waals surface area contributed by atoms with E-state index in [9.17, 15) is 9.18 Å². The van der Waals surface area contributed by atoms with Crippen LogP contribution in [-0.4, -0.2) is 48.7 Å². The van der Waals surface area contributed by atoms with Gasteiger partial charge in [-0.15, -0.1) is 0 Å². The molecule has 2 aromatic rings. The molecule has 1 fully saturated rings. The molecule has 0 atom stereocenters. The SMILES string of the molecule is CC(C)COc1ccc(COC(=O)N(Cc2ccc(F)cc2Cl)C2CCN(C)CC2)cc1. The standard InChI is InChI=1S/C25H32ClFN2O3/c1-18(2)16-31-23-8-4-19(5-9-23)17-32-25(30)29(22-10-12-28(3)13-11-22)15-20-6-7-21(27)14-24(20)26/h4-9,14,18,22H,10-13,15-17H2,1-3H3. The van der Waals surface area contributed by atoms with E-state index in [0.29, 0.717) is 23.1 Å². The van der Waals surface area contributed by atoms with Crippen molar-refractivity contribution in [3.8, 4) is 5.75 Å². The largest absolute Gasteiger partial charge is 0.493 e. The summed E-state index contributed by atoms with van der Waals surface area (Å²) < 4.78 is 24.8. The highest BCUT2D eigenvalue weighted by atomic mass is 35.5. The van der Waals surface area contributed by atoms with Crippen LogP contribution in [0.4, 0.5) is 9.18 Å². The van der Waals surface area contributed by atoms with E-state index < -0.39 is 5.82 Å². The van der Waals surface area contributed by atoms with E-state index in [1.54, 1.807) is 11.0 Å². The van der Waals surface area contributed by atoms with Crippen LogP contribution in [-0.2, 0) is 17.9 Å². The predicted molar refractivity (Wildman–Crippen MR) is 124 cm³/mol. The van der Waals surface area contributed by atoms with Gasteiger partial charge in [0.15, 0.2) is 0 Å². The van der Waals surface area contributed by atoms with Gasteiger partial charge in [0.1, 0.15) is 18.2 Å². The minimum atomic E-state index is -0.395. The van der Waals surface area contributed by atoms with Crippen molar-refractivity contribution >= 4 is 17.7 Å². The second-order valence-corrected chi connectivity index (χ2v) is 9.21. The Balaban J connectivity index is 1.65. The highest BCUT2D eigenvalue weighted by Crippen LogP contribution is 2.24.